The lowest BCUT2D eigenvalue weighted by Gasteiger charge is -2.10. The average Bonchev–Trinajstić information content (AvgIpc) is 2.18. The third-order valence-corrected chi connectivity index (χ3v) is 1.86. The summed E-state index contributed by atoms with van der Waals surface area (Å²) in [4.78, 5) is 25.9. The van der Waals surface area contributed by atoms with Crippen molar-refractivity contribution in [1.82, 2.24) is 4.98 Å². The minimum Gasteiger partial charge on any atom is -0.419 e. The minimum absolute atomic E-state index is 0.0380. The van der Waals surface area contributed by atoms with Gasteiger partial charge < -0.3 is 9.47 Å². The van der Waals surface area contributed by atoms with Crippen LogP contribution in [0.3, 0.4) is 0 Å². The molecule has 0 radical (unpaired) electrons. The molecule has 1 aromatic rings. The molecule has 2 heterocycles. The molecule has 5 nitrogen and oxygen atoms in total. The maximum Gasteiger partial charge on any atom is 0.336 e. The number of rotatable bonds is 0. The van der Waals surface area contributed by atoms with E-state index < -0.39 is 11.9 Å². The number of carbonyl (C=O) groups is 2. The molecule has 0 bridgehead atoms. The highest BCUT2D eigenvalue weighted by molar-refractivity contribution is 6.31. The van der Waals surface area contributed by atoms with E-state index in [4.69, 9.17) is 21.1 Å². The van der Waals surface area contributed by atoms with Crippen molar-refractivity contribution in [3.8, 4) is 11.5 Å². The Balaban J connectivity index is 2.51. The molecule has 0 saturated heterocycles. The second kappa shape index (κ2) is 3.70. The molecule has 1 aliphatic rings. The topological polar surface area (TPSA) is 65.5 Å². The van der Waals surface area contributed by atoms with Crippen molar-refractivity contribution in [2.45, 2.75) is 0 Å². The Labute approximate surface area is 89.3 Å². The molecule has 1 aliphatic heterocycles. The Morgan fingerprint density at radius 3 is 2.53 bits per heavy atom. The number of esters is 2. The van der Waals surface area contributed by atoms with Crippen LogP contribution >= 0.6 is 11.6 Å². The van der Waals surface area contributed by atoms with Crippen molar-refractivity contribution < 1.29 is 19.1 Å². The number of hydrogen-bond acceptors (Lipinski definition) is 5. The highest BCUT2D eigenvalue weighted by Crippen LogP contribution is 2.33. The molecular weight excluding hydrogens is 222 g/mol. The van der Waals surface area contributed by atoms with Crippen molar-refractivity contribution >= 4 is 23.5 Å². The Morgan fingerprint density at radius 1 is 1.13 bits per heavy atom. The molecule has 1 aromatic heterocycles. The third kappa shape index (κ3) is 1.97. The molecule has 0 atom stereocenters. The Morgan fingerprint density at radius 2 is 1.80 bits per heavy atom. The zero-order valence-electron chi connectivity index (χ0n) is 7.27. The molecule has 0 aromatic carbocycles. The van der Waals surface area contributed by atoms with E-state index in [0.29, 0.717) is 0 Å². The van der Waals surface area contributed by atoms with E-state index in [0.717, 1.165) is 12.2 Å². The third-order valence-electron chi connectivity index (χ3n) is 1.59. The van der Waals surface area contributed by atoms with Gasteiger partial charge in [-0.05, 0) is 0 Å². The van der Waals surface area contributed by atoms with E-state index in [1.807, 2.05) is 0 Å². The van der Waals surface area contributed by atoms with E-state index in [-0.39, 0.29) is 16.7 Å². The summed E-state index contributed by atoms with van der Waals surface area (Å²) in [6, 6.07) is 1.38. The second-order valence-electron chi connectivity index (χ2n) is 2.60. The molecule has 0 spiro atoms. The molecule has 0 fully saturated rings. The van der Waals surface area contributed by atoms with Gasteiger partial charge in [0.2, 0.25) is 5.75 Å². The summed E-state index contributed by atoms with van der Waals surface area (Å²) < 4.78 is 9.66. The zero-order valence-corrected chi connectivity index (χ0v) is 8.02. The van der Waals surface area contributed by atoms with Crippen molar-refractivity contribution in [3.63, 3.8) is 0 Å². The summed E-state index contributed by atoms with van der Waals surface area (Å²) in [5.41, 5.74) is 0. The van der Waals surface area contributed by atoms with Gasteiger partial charge in [0.15, 0.2) is 10.9 Å². The normalized spacial score (nSPS) is 16.9. The fourth-order valence-corrected chi connectivity index (χ4v) is 1.18. The number of ether oxygens (including phenoxy) is 2. The van der Waals surface area contributed by atoms with Crippen LogP contribution in [0.1, 0.15) is 0 Å². The average molecular weight is 226 g/mol. The number of nitrogens with zero attached hydrogens (tertiary/aromatic N) is 1. The van der Waals surface area contributed by atoms with Crippen LogP contribution < -0.4 is 9.47 Å². The summed E-state index contributed by atoms with van der Waals surface area (Å²) >= 11 is 5.68. The van der Waals surface area contributed by atoms with Crippen molar-refractivity contribution in [3.05, 3.63) is 29.6 Å². The molecular formula is C9H4ClNO4. The molecule has 76 valence electrons. The molecule has 0 amide bonds. The molecule has 0 N–H and O–H groups in total. The lowest BCUT2D eigenvalue weighted by Crippen LogP contribution is -2.14. The van der Waals surface area contributed by atoms with Crippen LogP contribution in [0.15, 0.2) is 24.4 Å². The molecule has 0 saturated carbocycles. The summed E-state index contributed by atoms with van der Waals surface area (Å²) in [5.74, 6) is -1.36. The summed E-state index contributed by atoms with van der Waals surface area (Å²) in [6.45, 7) is 0. The largest absolute Gasteiger partial charge is 0.419 e. The summed E-state index contributed by atoms with van der Waals surface area (Å²) in [5, 5.41) is -0.0380. The van der Waals surface area contributed by atoms with Crippen molar-refractivity contribution in [1.29, 1.82) is 0 Å². The lowest BCUT2D eigenvalue weighted by atomic mass is 10.4. The quantitative estimate of drug-likeness (QED) is 0.489. The van der Waals surface area contributed by atoms with Crippen LogP contribution in [0.5, 0.6) is 11.5 Å². The Hall–Kier alpha value is -1.88. The molecule has 0 unspecified atom stereocenters. The lowest BCUT2D eigenvalue weighted by molar-refractivity contribution is -0.133. The first-order valence-electron chi connectivity index (χ1n) is 3.93. The van der Waals surface area contributed by atoms with Crippen LogP contribution in [-0.2, 0) is 9.59 Å². The van der Waals surface area contributed by atoms with Crippen LogP contribution in [-0.4, -0.2) is 16.9 Å². The van der Waals surface area contributed by atoms with Gasteiger partial charge in [0, 0.05) is 24.4 Å². The second-order valence-corrected chi connectivity index (χ2v) is 2.96. The molecule has 0 aliphatic carbocycles. The fraction of sp³-hybridized carbons (Fsp3) is 0. The Bertz CT molecular complexity index is 469. The van der Waals surface area contributed by atoms with Gasteiger partial charge in [0.25, 0.3) is 0 Å². The van der Waals surface area contributed by atoms with Crippen molar-refractivity contribution in [2.24, 2.45) is 0 Å². The van der Waals surface area contributed by atoms with E-state index >= 15 is 0 Å². The van der Waals surface area contributed by atoms with Gasteiger partial charge in [0.1, 0.15) is 0 Å². The number of aromatic nitrogens is 1. The first-order valence-corrected chi connectivity index (χ1v) is 4.31. The number of pyridine rings is 1. The molecule has 6 heteroatoms. The van der Waals surface area contributed by atoms with Crippen LogP contribution in [0.2, 0.25) is 5.15 Å². The van der Waals surface area contributed by atoms with E-state index in [1.54, 1.807) is 0 Å². The molecule has 2 rings (SSSR count). The zero-order chi connectivity index (χ0) is 10.8. The van der Waals surface area contributed by atoms with Crippen molar-refractivity contribution in [2.75, 3.05) is 0 Å². The SMILES string of the molecule is O=C1/C=C\C(=O)Oc2c(ccnc2Cl)O1. The van der Waals surface area contributed by atoms with Crippen LogP contribution in [0, 0.1) is 0 Å². The standard InChI is InChI=1S/C9H4ClNO4/c10-9-8-5(3-4-11-9)14-6(12)1-2-7(13)15-8/h1-4H/b2-1-. The van der Waals surface area contributed by atoms with Gasteiger partial charge >= 0.3 is 11.9 Å². The summed E-state index contributed by atoms with van der Waals surface area (Å²) in [6.07, 6.45) is 3.27. The molecule has 15 heavy (non-hydrogen) atoms. The predicted octanol–water partition coefficient (Wildman–Crippen LogP) is 1.12. The summed E-state index contributed by atoms with van der Waals surface area (Å²) in [7, 11) is 0. The minimum atomic E-state index is -0.706. The number of halogens is 1. The fourth-order valence-electron chi connectivity index (χ4n) is 0.992. The highest BCUT2D eigenvalue weighted by atomic mass is 35.5. The monoisotopic (exact) mass is 225 g/mol. The maximum absolute atomic E-state index is 11.1. The van der Waals surface area contributed by atoms with Crippen LogP contribution in [0.25, 0.3) is 0 Å². The van der Waals surface area contributed by atoms with Gasteiger partial charge in [-0.1, -0.05) is 11.6 Å². The Kier molecular flexibility index (Phi) is 2.39. The highest BCUT2D eigenvalue weighted by Gasteiger charge is 2.18. The van der Waals surface area contributed by atoms with E-state index in [1.165, 1.54) is 12.3 Å². The number of fused-ring (bicyclic) bond motifs is 1. The number of carbonyl (C=O) groups excluding carboxylic acids is 2. The van der Waals surface area contributed by atoms with Gasteiger partial charge in [-0.25, -0.2) is 14.6 Å². The first-order chi connectivity index (χ1) is 7.16. The van der Waals surface area contributed by atoms with Gasteiger partial charge in [-0.3, -0.25) is 0 Å². The van der Waals surface area contributed by atoms with E-state index in [9.17, 15) is 9.59 Å². The smallest absolute Gasteiger partial charge is 0.336 e. The van der Waals surface area contributed by atoms with Gasteiger partial charge in [-0.15, -0.1) is 0 Å². The predicted molar refractivity (Wildman–Crippen MR) is 49.7 cm³/mol. The maximum atomic E-state index is 11.1. The van der Waals surface area contributed by atoms with Gasteiger partial charge in [0.05, 0.1) is 0 Å². The first kappa shape index (κ1) is 9.67. The van der Waals surface area contributed by atoms with Gasteiger partial charge in [-0.2, -0.15) is 0 Å². The van der Waals surface area contributed by atoms with E-state index in [2.05, 4.69) is 4.98 Å². The van der Waals surface area contributed by atoms with Crippen LogP contribution in [0.4, 0.5) is 0 Å². The number of hydrogen-bond donors (Lipinski definition) is 0.